The van der Waals surface area contributed by atoms with E-state index in [9.17, 15) is 10.2 Å². The molecular formula is C56H44Li2N6O2. The average molecular weight is 847 g/mol. The first-order valence-electron chi connectivity index (χ1n) is 21.4. The molecule has 312 valence electrons. The number of nitrogens with zero attached hydrogens (tertiary/aromatic N) is 6. The summed E-state index contributed by atoms with van der Waals surface area (Å²) in [6.07, 6.45) is 5.40. The molecule has 0 aliphatic carbocycles. The molecular weight excluding hydrogens is 803 g/mol. The standard InChI is InChI=1S/C30H18N4O.C26H28N2O.2Li/c35-30-22(24-14-12-20-10-8-18-4-2-16-31-26(18)28(20)33-24)6-1-7-23(30)25-15-13-21-11-9-19-5-3-17-32-27(19)29(21)34-25;1-25(2,3)19-13-14-27-23-16(19)11-12-17-20(26(4,5)6)15-21(28-24(17)23)18-9-7-8-10-22(18)29;;/h1-17,35H;7-15,29H,1-6H3;;/q;;2*+1/p-2. The molecule has 0 spiro atoms. The molecule has 0 fully saturated rings. The van der Waals surface area contributed by atoms with E-state index in [2.05, 4.69) is 75.8 Å². The van der Waals surface area contributed by atoms with E-state index in [-0.39, 0.29) is 60.1 Å². The van der Waals surface area contributed by atoms with Crippen molar-refractivity contribution in [3.05, 3.63) is 169 Å². The number of rotatable bonds is 3. The summed E-state index contributed by atoms with van der Waals surface area (Å²) in [5.41, 5.74) is 11.0. The van der Waals surface area contributed by atoms with E-state index in [4.69, 9.17) is 19.9 Å². The molecule has 11 rings (SSSR count). The summed E-state index contributed by atoms with van der Waals surface area (Å²) in [4.78, 5) is 28.5. The minimum absolute atomic E-state index is 0. The summed E-state index contributed by atoms with van der Waals surface area (Å²) in [5, 5.41) is 32.4. The average Bonchev–Trinajstić information content (AvgIpc) is 3.30. The third-order valence-electron chi connectivity index (χ3n) is 11.9. The maximum absolute atomic E-state index is 13.7. The quantitative estimate of drug-likeness (QED) is 0.148. The van der Waals surface area contributed by atoms with E-state index in [1.807, 2.05) is 109 Å². The normalized spacial score (nSPS) is 11.7. The second-order valence-corrected chi connectivity index (χ2v) is 18.3. The van der Waals surface area contributed by atoms with Gasteiger partial charge in [0.05, 0.1) is 50.2 Å². The van der Waals surface area contributed by atoms with Crippen molar-refractivity contribution in [1.29, 1.82) is 0 Å². The van der Waals surface area contributed by atoms with E-state index >= 15 is 0 Å². The summed E-state index contributed by atoms with van der Waals surface area (Å²) in [7, 11) is 0. The van der Waals surface area contributed by atoms with Crippen molar-refractivity contribution in [2.75, 3.05) is 0 Å². The molecule has 0 saturated carbocycles. The Morgan fingerprint density at radius 2 is 0.818 bits per heavy atom. The van der Waals surface area contributed by atoms with Gasteiger partial charge in [-0.1, -0.05) is 156 Å². The summed E-state index contributed by atoms with van der Waals surface area (Å²) in [6.45, 7) is 13.2. The predicted molar refractivity (Wildman–Crippen MR) is 257 cm³/mol. The van der Waals surface area contributed by atoms with Crippen LogP contribution in [0.3, 0.4) is 0 Å². The van der Waals surface area contributed by atoms with Crippen molar-refractivity contribution >= 4 is 65.4 Å². The molecule has 6 heterocycles. The van der Waals surface area contributed by atoms with Gasteiger partial charge in [0.25, 0.3) is 0 Å². The van der Waals surface area contributed by atoms with Crippen LogP contribution in [0.2, 0.25) is 0 Å². The Morgan fingerprint density at radius 1 is 0.364 bits per heavy atom. The summed E-state index contributed by atoms with van der Waals surface area (Å²) in [6, 6.07) is 44.8. The van der Waals surface area contributed by atoms with Crippen LogP contribution in [0.1, 0.15) is 52.7 Å². The van der Waals surface area contributed by atoms with Gasteiger partial charge in [-0.15, -0.1) is 0 Å². The van der Waals surface area contributed by atoms with Crippen molar-refractivity contribution in [2.45, 2.75) is 52.4 Å². The molecule has 0 aliphatic rings. The van der Waals surface area contributed by atoms with Crippen LogP contribution in [0.4, 0.5) is 0 Å². The maximum Gasteiger partial charge on any atom is 1.00 e. The van der Waals surface area contributed by atoms with Gasteiger partial charge in [0.2, 0.25) is 0 Å². The maximum atomic E-state index is 13.7. The third kappa shape index (κ3) is 8.39. The summed E-state index contributed by atoms with van der Waals surface area (Å²) in [5.74, 6) is -0.115. The SMILES string of the molecule is CC(C)(C)c1ccnc2c1ccc1c(C(C)(C)C)cc(-c3ccccc3[O-])nc12.[Li+].[Li+].[O-]c1c(-c2ccc3ccc4cccnc4c3n2)cccc1-c1ccc2ccc3cccnc3c2n1. The molecule has 10 heteroatoms. The first kappa shape index (κ1) is 45.9. The molecule has 0 bridgehead atoms. The van der Waals surface area contributed by atoms with E-state index in [0.717, 1.165) is 65.4 Å². The molecule has 66 heavy (non-hydrogen) atoms. The topological polar surface area (TPSA) is 123 Å². The van der Waals surface area contributed by atoms with Crippen LogP contribution in [0.15, 0.2) is 158 Å². The molecule has 0 unspecified atom stereocenters. The Bertz CT molecular complexity index is 3500. The Labute approximate surface area is 407 Å². The van der Waals surface area contributed by atoms with Gasteiger partial charge in [0.15, 0.2) is 0 Å². The van der Waals surface area contributed by atoms with Crippen molar-refractivity contribution in [1.82, 2.24) is 29.9 Å². The molecule has 0 radical (unpaired) electrons. The van der Waals surface area contributed by atoms with Gasteiger partial charge in [-0.25, -0.2) is 15.0 Å². The first-order valence-corrected chi connectivity index (χ1v) is 21.4. The van der Waals surface area contributed by atoms with Crippen LogP contribution in [-0.4, -0.2) is 29.9 Å². The largest absolute Gasteiger partial charge is 1.00 e. The molecule has 6 aromatic heterocycles. The Morgan fingerprint density at radius 3 is 1.35 bits per heavy atom. The van der Waals surface area contributed by atoms with Gasteiger partial charge in [-0.2, -0.15) is 0 Å². The molecule has 0 aliphatic heterocycles. The summed E-state index contributed by atoms with van der Waals surface area (Å²) < 4.78 is 0. The minimum Gasteiger partial charge on any atom is -0.872 e. The number of aromatic nitrogens is 6. The smallest absolute Gasteiger partial charge is 0.872 e. The van der Waals surface area contributed by atoms with Crippen LogP contribution in [0.5, 0.6) is 11.5 Å². The monoisotopic (exact) mass is 846 g/mol. The number of fused-ring (bicyclic) bond motifs is 9. The zero-order valence-electron chi connectivity index (χ0n) is 38.5. The van der Waals surface area contributed by atoms with E-state index in [1.54, 1.807) is 24.5 Å². The minimum atomic E-state index is -0.104. The molecule has 5 aromatic carbocycles. The molecule has 0 amide bonds. The first-order chi connectivity index (χ1) is 30.8. The van der Waals surface area contributed by atoms with Crippen molar-refractivity contribution in [3.8, 4) is 45.3 Å². The van der Waals surface area contributed by atoms with Gasteiger partial charge < -0.3 is 10.2 Å². The molecule has 0 N–H and O–H groups in total. The number of hydrogen-bond donors (Lipinski definition) is 0. The van der Waals surface area contributed by atoms with Crippen LogP contribution >= 0.6 is 0 Å². The Balaban J connectivity index is 0.000000177. The number of benzene rings is 5. The molecule has 11 aromatic rings. The Kier molecular flexibility index (Phi) is 12.5. The van der Waals surface area contributed by atoms with Gasteiger partial charge >= 0.3 is 37.7 Å². The third-order valence-corrected chi connectivity index (χ3v) is 11.9. The molecule has 0 atom stereocenters. The second kappa shape index (κ2) is 18.0. The van der Waals surface area contributed by atoms with E-state index in [1.165, 1.54) is 11.1 Å². The van der Waals surface area contributed by atoms with Crippen molar-refractivity contribution in [2.24, 2.45) is 0 Å². The number of hydrogen-bond acceptors (Lipinski definition) is 8. The zero-order valence-corrected chi connectivity index (χ0v) is 38.5. The Hall–Kier alpha value is -6.65. The number of pyridine rings is 6. The van der Waals surface area contributed by atoms with E-state index in [0.29, 0.717) is 33.8 Å². The van der Waals surface area contributed by atoms with Crippen LogP contribution in [0.25, 0.3) is 99.2 Å². The van der Waals surface area contributed by atoms with Crippen molar-refractivity contribution < 1.29 is 47.9 Å². The van der Waals surface area contributed by atoms with Crippen molar-refractivity contribution in [3.63, 3.8) is 0 Å². The van der Waals surface area contributed by atoms with E-state index < -0.39 is 0 Å². The van der Waals surface area contributed by atoms with Gasteiger partial charge in [-0.05, 0) is 75.0 Å². The van der Waals surface area contributed by atoms with Crippen LogP contribution in [0, 0.1) is 0 Å². The van der Waals surface area contributed by atoms with Gasteiger partial charge in [0.1, 0.15) is 0 Å². The predicted octanol–water partition coefficient (Wildman–Crippen LogP) is 6.41. The molecule has 0 saturated heterocycles. The number of para-hydroxylation sites is 2. The summed E-state index contributed by atoms with van der Waals surface area (Å²) >= 11 is 0. The van der Waals surface area contributed by atoms with Gasteiger partial charge in [-0.3, -0.25) is 15.0 Å². The van der Waals surface area contributed by atoms with Crippen LogP contribution < -0.4 is 47.9 Å². The second-order valence-electron chi connectivity index (χ2n) is 18.3. The fraction of sp³-hybridized carbons (Fsp3) is 0.143. The zero-order chi connectivity index (χ0) is 44.3. The molecule has 8 nitrogen and oxygen atoms in total. The van der Waals surface area contributed by atoms with Gasteiger partial charge in [0, 0.05) is 50.9 Å². The fourth-order valence-electron chi connectivity index (χ4n) is 8.68. The fourth-order valence-corrected chi connectivity index (χ4v) is 8.68. The van der Waals surface area contributed by atoms with Crippen LogP contribution in [-0.2, 0) is 10.8 Å².